The Morgan fingerprint density at radius 1 is 1.45 bits per heavy atom. The van der Waals surface area contributed by atoms with Gasteiger partial charge in [-0.15, -0.1) is 5.06 Å². The maximum absolute atomic E-state index is 11.7. The zero-order valence-electron chi connectivity index (χ0n) is 11.5. The molecule has 1 fully saturated rings. The molecule has 0 radical (unpaired) electrons. The maximum Gasteiger partial charge on any atom is 0.352 e. The van der Waals surface area contributed by atoms with Gasteiger partial charge in [-0.1, -0.05) is 13.3 Å². The SMILES string of the molecule is CCCCC(=O)NCC(=O)ON1C(=O)CC(SC)C1=O. The van der Waals surface area contributed by atoms with Crippen molar-refractivity contribution in [3.63, 3.8) is 0 Å². The van der Waals surface area contributed by atoms with Crippen LogP contribution in [0.15, 0.2) is 0 Å². The van der Waals surface area contributed by atoms with E-state index in [9.17, 15) is 19.2 Å². The van der Waals surface area contributed by atoms with Crippen LogP contribution in [0.4, 0.5) is 0 Å². The van der Waals surface area contributed by atoms with E-state index in [0.717, 1.165) is 12.8 Å². The van der Waals surface area contributed by atoms with Crippen molar-refractivity contribution in [3.05, 3.63) is 0 Å². The Morgan fingerprint density at radius 3 is 2.70 bits per heavy atom. The van der Waals surface area contributed by atoms with Crippen LogP contribution in [-0.4, -0.2) is 46.8 Å². The lowest BCUT2D eigenvalue weighted by Crippen LogP contribution is -2.38. The van der Waals surface area contributed by atoms with Gasteiger partial charge in [0.2, 0.25) is 5.91 Å². The van der Waals surface area contributed by atoms with E-state index in [1.807, 2.05) is 6.92 Å². The van der Waals surface area contributed by atoms with Gasteiger partial charge in [0.15, 0.2) is 0 Å². The lowest BCUT2D eigenvalue weighted by Gasteiger charge is -2.13. The van der Waals surface area contributed by atoms with Crippen LogP contribution in [0.5, 0.6) is 0 Å². The van der Waals surface area contributed by atoms with E-state index in [4.69, 9.17) is 4.84 Å². The number of hydrogen-bond donors (Lipinski definition) is 1. The second-order valence-corrected chi connectivity index (χ2v) is 5.34. The molecule has 7 nitrogen and oxygen atoms in total. The van der Waals surface area contributed by atoms with E-state index < -0.39 is 23.0 Å². The molecule has 1 aliphatic rings. The van der Waals surface area contributed by atoms with Crippen molar-refractivity contribution in [1.82, 2.24) is 10.4 Å². The van der Waals surface area contributed by atoms with E-state index >= 15 is 0 Å². The van der Waals surface area contributed by atoms with Crippen molar-refractivity contribution in [2.24, 2.45) is 0 Å². The molecule has 0 aliphatic carbocycles. The van der Waals surface area contributed by atoms with Crippen LogP contribution in [0.3, 0.4) is 0 Å². The molecule has 0 aromatic carbocycles. The van der Waals surface area contributed by atoms with Crippen molar-refractivity contribution in [1.29, 1.82) is 0 Å². The van der Waals surface area contributed by atoms with Crippen LogP contribution in [0.1, 0.15) is 32.6 Å². The molecule has 3 amide bonds. The molecule has 112 valence electrons. The predicted molar refractivity (Wildman–Crippen MR) is 72.4 cm³/mol. The zero-order valence-corrected chi connectivity index (χ0v) is 12.3. The van der Waals surface area contributed by atoms with Crippen molar-refractivity contribution in [2.45, 2.75) is 37.9 Å². The van der Waals surface area contributed by atoms with Gasteiger partial charge in [-0.25, -0.2) is 4.79 Å². The summed E-state index contributed by atoms with van der Waals surface area (Å²) in [6.07, 6.45) is 3.68. The molecule has 1 N–H and O–H groups in total. The Hall–Kier alpha value is -1.57. The highest BCUT2D eigenvalue weighted by molar-refractivity contribution is 8.00. The summed E-state index contributed by atoms with van der Waals surface area (Å²) in [5.74, 6) is -2.17. The van der Waals surface area contributed by atoms with Gasteiger partial charge < -0.3 is 10.2 Å². The van der Waals surface area contributed by atoms with Crippen LogP contribution in [0.25, 0.3) is 0 Å². The van der Waals surface area contributed by atoms with E-state index in [-0.39, 0.29) is 18.9 Å². The molecule has 0 aromatic rings. The average molecular weight is 302 g/mol. The van der Waals surface area contributed by atoms with Gasteiger partial charge in [0, 0.05) is 6.42 Å². The molecule has 1 rings (SSSR count). The molecule has 20 heavy (non-hydrogen) atoms. The first-order valence-corrected chi connectivity index (χ1v) is 7.65. The van der Waals surface area contributed by atoms with Crippen LogP contribution < -0.4 is 5.32 Å². The first-order valence-electron chi connectivity index (χ1n) is 6.36. The average Bonchev–Trinajstić information content (AvgIpc) is 2.70. The topological polar surface area (TPSA) is 92.8 Å². The number of thioether (sulfide) groups is 1. The molecular weight excluding hydrogens is 284 g/mol. The van der Waals surface area contributed by atoms with Crippen molar-refractivity contribution in [2.75, 3.05) is 12.8 Å². The summed E-state index contributed by atoms with van der Waals surface area (Å²) in [6, 6.07) is 0. The Morgan fingerprint density at radius 2 is 2.15 bits per heavy atom. The molecule has 0 spiro atoms. The van der Waals surface area contributed by atoms with Crippen LogP contribution in [0.2, 0.25) is 0 Å². The molecule has 1 heterocycles. The summed E-state index contributed by atoms with van der Waals surface area (Å²) in [6.45, 7) is 1.60. The number of carbonyl (C=O) groups is 4. The minimum atomic E-state index is -0.835. The number of hydroxylamine groups is 2. The zero-order chi connectivity index (χ0) is 15.1. The van der Waals surface area contributed by atoms with Gasteiger partial charge in [0.1, 0.15) is 6.54 Å². The van der Waals surface area contributed by atoms with Crippen LogP contribution in [-0.2, 0) is 24.0 Å². The fourth-order valence-electron chi connectivity index (χ4n) is 1.59. The second-order valence-electron chi connectivity index (χ2n) is 4.30. The van der Waals surface area contributed by atoms with Crippen molar-refractivity contribution >= 4 is 35.5 Å². The molecule has 8 heteroatoms. The highest BCUT2D eigenvalue weighted by atomic mass is 32.2. The fourth-order valence-corrected chi connectivity index (χ4v) is 2.20. The Kier molecular flexibility index (Phi) is 6.50. The standard InChI is InChI=1S/C12H18N2O5S/c1-3-4-5-9(15)13-7-11(17)19-14-10(16)6-8(20-2)12(14)18/h8H,3-7H2,1-2H3,(H,13,15). The number of carbonyl (C=O) groups excluding carboxylic acids is 4. The largest absolute Gasteiger partial charge is 0.352 e. The Labute approximate surface area is 121 Å². The quantitative estimate of drug-likeness (QED) is 0.677. The Bertz CT molecular complexity index is 413. The minimum absolute atomic E-state index is 0.0239. The summed E-state index contributed by atoms with van der Waals surface area (Å²) < 4.78 is 0. The predicted octanol–water partition coefficient (Wildman–Crippen LogP) is 0.242. The summed E-state index contributed by atoms with van der Waals surface area (Å²) in [4.78, 5) is 50.6. The number of unbranched alkanes of at least 4 members (excludes halogenated alkanes) is 1. The maximum atomic E-state index is 11.7. The third kappa shape index (κ3) is 4.52. The summed E-state index contributed by atoms with van der Waals surface area (Å²) in [7, 11) is 0. The lowest BCUT2D eigenvalue weighted by atomic mass is 10.2. The van der Waals surface area contributed by atoms with E-state index in [0.29, 0.717) is 11.5 Å². The van der Waals surface area contributed by atoms with Crippen LogP contribution in [0, 0.1) is 0 Å². The van der Waals surface area contributed by atoms with Crippen molar-refractivity contribution < 1.29 is 24.0 Å². The van der Waals surface area contributed by atoms with Crippen molar-refractivity contribution in [3.8, 4) is 0 Å². The summed E-state index contributed by atoms with van der Waals surface area (Å²) >= 11 is 1.23. The smallest absolute Gasteiger partial charge is 0.345 e. The van der Waals surface area contributed by atoms with Gasteiger partial charge in [0.25, 0.3) is 11.8 Å². The van der Waals surface area contributed by atoms with E-state index in [1.165, 1.54) is 11.8 Å². The summed E-state index contributed by atoms with van der Waals surface area (Å²) in [5.41, 5.74) is 0. The fraction of sp³-hybridized carbons (Fsp3) is 0.667. The number of hydrogen-bond acceptors (Lipinski definition) is 6. The second kappa shape index (κ2) is 7.88. The molecule has 1 unspecified atom stereocenters. The number of amides is 3. The highest BCUT2D eigenvalue weighted by Crippen LogP contribution is 2.23. The molecular formula is C12H18N2O5S. The molecule has 1 atom stereocenters. The number of nitrogens with zero attached hydrogens (tertiary/aromatic N) is 1. The first-order chi connectivity index (χ1) is 9.49. The highest BCUT2D eigenvalue weighted by Gasteiger charge is 2.41. The molecule has 0 bridgehead atoms. The normalized spacial score (nSPS) is 18.3. The minimum Gasteiger partial charge on any atom is -0.345 e. The van der Waals surface area contributed by atoms with E-state index in [2.05, 4.69) is 5.32 Å². The van der Waals surface area contributed by atoms with Gasteiger partial charge >= 0.3 is 5.97 Å². The molecule has 0 saturated carbocycles. The van der Waals surface area contributed by atoms with E-state index in [1.54, 1.807) is 6.26 Å². The van der Waals surface area contributed by atoms with Gasteiger partial charge in [0.05, 0.1) is 11.7 Å². The number of nitrogens with one attached hydrogen (secondary N) is 1. The molecule has 1 saturated heterocycles. The summed E-state index contributed by atoms with van der Waals surface area (Å²) in [5, 5.41) is 2.36. The van der Waals surface area contributed by atoms with Gasteiger partial charge in [-0.05, 0) is 12.7 Å². The van der Waals surface area contributed by atoms with Gasteiger partial charge in [-0.2, -0.15) is 11.8 Å². The first kappa shape index (κ1) is 16.5. The van der Waals surface area contributed by atoms with Gasteiger partial charge in [-0.3, -0.25) is 14.4 Å². The number of imide groups is 1. The third-order valence-electron chi connectivity index (χ3n) is 2.73. The molecule has 1 aliphatic heterocycles. The molecule has 0 aromatic heterocycles. The monoisotopic (exact) mass is 302 g/mol. The Balaban J connectivity index is 2.37. The van der Waals surface area contributed by atoms with Crippen LogP contribution >= 0.6 is 11.8 Å². The number of rotatable bonds is 7. The third-order valence-corrected chi connectivity index (χ3v) is 3.66. The lowest BCUT2D eigenvalue weighted by molar-refractivity contribution is -0.196.